The van der Waals surface area contributed by atoms with E-state index in [2.05, 4.69) is 27.0 Å². The van der Waals surface area contributed by atoms with E-state index >= 15 is 0 Å². The molecular formula is C19H25N3O2. The number of rotatable bonds is 7. The molecule has 1 aromatic carbocycles. The minimum Gasteiger partial charge on any atom is -0.392 e. The van der Waals surface area contributed by atoms with Crippen LogP contribution in [0.25, 0.3) is 0 Å². The highest BCUT2D eigenvalue weighted by atomic mass is 16.5. The number of nitrogens with zero attached hydrogens (tertiary/aromatic N) is 3. The number of aliphatic hydroxyl groups is 1. The molecule has 2 heterocycles. The second-order valence-electron chi connectivity index (χ2n) is 6.51. The van der Waals surface area contributed by atoms with Gasteiger partial charge in [-0.1, -0.05) is 24.3 Å². The molecule has 2 aromatic rings. The van der Waals surface area contributed by atoms with Gasteiger partial charge in [0.25, 0.3) is 0 Å². The Balaban J connectivity index is 1.49. The molecule has 1 N–H and O–H groups in total. The molecule has 5 nitrogen and oxygen atoms in total. The van der Waals surface area contributed by atoms with Crippen molar-refractivity contribution in [3.8, 4) is 0 Å². The fourth-order valence-corrected chi connectivity index (χ4v) is 3.26. The zero-order valence-electron chi connectivity index (χ0n) is 14.2. The summed E-state index contributed by atoms with van der Waals surface area (Å²) >= 11 is 0. The molecule has 1 aromatic heterocycles. The van der Waals surface area contributed by atoms with Crippen molar-refractivity contribution in [2.75, 3.05) is 20.2 Å². The molecule has 0 radical (unpaired) electrons. The highest BCUT2D eigenvalue weighted by Crippen LogP contribution is 2.22. The van der Waals surface area contributed by atoms with Crippen LogP contribution >= 0.6 is 0 Å². The van der Waals surface area contributed by atoms with Crippen LogP contribution in [0.15, 0.2) is 36.7 Å². The molecule has 1 aliphatic heterocycles. The van der Waals surface area contributed by atoms with Gasteiger partial charge in [-0.25, -0.2) is 9.97 Å². The average Bonchev–Trinajstić information content (AvgIpc) is 3.04. The monoisotopic (exact) mass is 327 g/mol. The maximum absolute atomic E-state index is 9.11. The molecule has 1 fully saturated rings. The normalized spacial score (nSPS) is 18.2. The molecule has 0 aliphatic carbocycles. The molecule has 1 unspecified atom stereocenters. The smallest absolute Gasteiger partial charge is 0.153 e. The van der Waals surface area contributed by atoms with E-state index in [1.165, 1.54) is 12.0 Å². The summed E-state index contributed by atoms with van der Waals surface area (Å²) in [7, 11) is 1.65. The first-order valence-electron chi connectivity index (χ1n) is 8.46. The third kappa shape index (κ3) is 4.60. The van der Waals surface area contributed by atoms with Crippen LogP contribution in [0.4, 0.5) is 0 Å². The predicted octanol–water partition coefficient (Wildman–Crippen LogP) is 2.18. The minimum atomic E-state index is 0.114. The first-order valence-corrected chi connectivity index (χ1v) is 8.46. The van der Waals surface area contributed by atoms with Crippen molar-refractivity contribution in [2.45, 2.75) is 32.6 Å². The second-order valence-corrected chi connectivity index (χ2v) is 6.51. The number of hydrogen-bond donors (Lipinski definition) is 1. The van der Waals surface area contributed by atoms with E-state index in [9.17, 15) is 0 Å². The van der Waals surface area contributed by atoms with Crippen LogP contribution in [0.2, 0.25) is 0 Å². The average molecular weight is 327 g/mol. The van der Waals surface area contributed by atoms with Crippen molar-refractivity contribution < 1.29 is 9.84 Å². The molecule has 0 spiro atoms. The van der Waals surface area contributed by atoms with E-state index < -0.39 is 0 Å². The van der Waals surface area contributed by atoms with Crippen LogP contribution in [-0.2, 0) is 30.9 Å². The van der Waals surface area contributed by atoms with Crippen LogP contribution in [0.1, 0.15) is 28.9 Å². The van der Waals surface area contributed by atoms with Crippen molar-refractivity contribution in [1.82, 2.24) is 14.9 Å². The Kier molecular flexibility index (Phi) is 5.91. The first-order chi connectivity index (χ1) is 11.8. The molecular weight excluding hydrogens is 302 g/mol. The van der Waals surface area contributed by atoms with Crippen LogP contribution in [-0.4, -0.2) is 40.2 Å². The van der Waals surface area contributed by atoms with Crippen LogP contribution < -0.4 is 0 Å². The molecule has 0 bridgehead atoms. The lowest BCUT2D eigenvalue weighted by Gasteiger charge is -2.16. The maximum Gasteiger partial charge on any atom is 0.153 e. The molecule has 5 heteroatoms. The van der Waals surface area contributed by atoms with E-state index in [0.717, 1.165) is 43.0 Å². The van der Waals surface area contributed by atoms with Crippen molar-refractivity contribution >= 4 is 0 Å². The van der Waals surface area contributed by atoms with E-state index in [1.54, 1.807) is 7.11 Å². The van der Waals surface area contributed by atoms with Gasteiger partial charge >= 0.3 is 0 Å². The van der Waals surface area contributed by atoms with Crippen molar-refractivity contribution in [1.29, 1.82) is 0 Å². The van der Waals surface area contributed by atoms with Gasteiger partial charge in [-0.3, -0.25) is 4.90 Å². The molecule has 0 saturated carbocycles. The second kappa shape index (κ2) is 8.33. The Hall–Kier alpha value is -1.82. The van der Waals surface area contributed by atoms with Gasteiger partial charge < -0.3 is 9.84 Å². The third-order valence-corrected chi connectivity index (χ3v) is 4.54. The quantitative estimate of drug-likeness (QED) is 0.845. The molecule has 24 heavy (non-hydrogen) atoms. The van der Waals surface area contributed by atoms with Crippen LogP contribution in [0.3, 0.4) is 0 Å². The number of likely N-dealkylation sites (tertiary alicyclic amines) is 1. The summed E-state index contributed by atoms with van der Waals surface area (Å²) in [5.74, 6) is 1.42. The largest absolute Gasteiger partial charge is 0.392 e. The van der Waals surface area contributed by atoms with Gasteiger partial charge in [0, 0.05) is 38.2 Å². The Labute approximate surface area is 143 Å². The first kappa shape index (κ1) is 17.0. The van der Waals surface area contributed by atoms with Crippen molar-refractivity contribution in [2.24, 2.45) is 5.92 Å². The van der Waals surface area contributed by atoms with Gasteiger partial charge in [-0.05, 0) is 36.4 Å². The van der Waals surface area contributed by atoms with Crippen LogP contribution in [0, 0.1) is 5.92 Å². The number of benzene rings is 1. The summed E-state index contributed by atoms with van der Waals surface area (Å²) in [5, 5.41) is 9.11. The molecule has 128 valence electrons. The Morgan fingerprint density at radius 3 is 2.50 bits per heavy atom. The summed E-state index contributed by atoms with van der Waals surface area (Å²) < 4.78 is 5.04. The lowest BCUT2D eigenvalue weighted by molar-refractivity contribution is 0.177. The Morgan fingerprint density at radius 2 is 1.83 bits per heavy atom. The number of hydrogen-bond acceptors (Lipinski definition) is 5. The number of aromatic nitrogens is 2. The molecule has 1 atom stereocenters. The van der Waals surface area contributed by atoms with Gasteiger partial charge in [0.2, 0.25) is 0 Å². The zero-order valence-corrected chi connectivity index (χ0v) is 14.2. The fourth-order valence-electron chi connectivity index (χ4n) is 3.26. The van der Waals surface area contributed by atoms with E-state index in [1.807, 2.05) is 24.5 Å². The summed E-state index contributed by atoms with van der Waals surface area (Å²) in [6.07, 6.45) is 6.14. The lowest BCUT2D eigenvalue weighted by atomic mass is 9.98. The van der Waals surface area contributed by atoms with E-state index in [-0.39, 0.29) is 6.61 Å². The molecule has 1 aliphatic rings. The zero-order chi connectivity index (χ0) is 16.8. The van der Waals surface area contributed by atoms with Gasteiger partial charge in [0.05, 0.1) is 6.61 Å². The Morgan fingerprint density at radius 1 is 1.12 bits per heavy atom. The lowest BCUT2D eigenvalue weighted by Crippen LogP contribution is -2.21. The summed E-state index contributed by atoms with van der Waals surface area (Å²) in [6.45, 7) is 3.72. The van der Waals surface area contributed by atoms with Gasteiger partial charge in [0.1, 0.15) is 6.61 Å². The topological polar surface area (TPSA) is 58.5 Å². The summed E-state index contributed by atoms with van der Waals surface area (Å²) in [4.78, 5) is 11.1. The molecule has 3 rings (SSSR count). The minimum absolute atomic E-state index is 0.114. The SMILES string of the molecule is COCc1ncc(CN2CCC(Cc3ccc(CO)cc3)C2)cn1. The summed E-state index contributed by atoms with van der Waals surface area (Å²) in [6, 6.07) is 8.30. The standard InChI is InChI=1S/C19H25N3O2/c1-24-14-19-20-9-18(10-21-19)12-22-7-6-17(11-22)8-15-2-4-16(13-23)5-3-15/h2-5,9-10,17,23H,6-8,11-14H2,1H3. The highest BCUT2D eigenvalue weighted by molar-refractivity contribution is 5.22. The highest BCUT2D eigenvalue weighted by Gasteiger charge is 2.22. The van der Waals surface area contributed by atoms with Gasteiger partial charge in [0.15, 0.2) is 5.82 Å². The number of aliphatic hydroxyl groups excluding tert-OH is 1. The fraction of sp³-hybridized carbons (Fsp3) is 0.474. The van der Waals surface area contributed by atoms with E-state index in [4.69, 9.17) is 9.84 Å². The number of methoxy groups -OCH3 is 1. The molecule has 1 saturated heterocycles. The van der Waals surface area contributed by atoms with Gasteiger partial charge in [-0.15, -0.1) is 0 Å². The van der Waals surface area contributed by atoms with E-state index in [0.29, 0.717) is 12.5 Å². The maximum atomic E-state index is 9.11. The van der Waals surface area contributed by atoms with Crippen molar-refractivity contribution in [3.63, 3.8) is 0 Å². The van der Waals surface area contributed by atoms with Crippen molar-refractivity contribution in [3.05, 3.63) is 59.2 Å². The predicted molar refractivity (Wildman–Crippen MR) is 92.2 cm³/mol. The third-order valence-electron chi connectivity index (χ3n) is 4.54. The number of ether oxygens (including phenoxy) is 1. The Bertz CT molecular complexity index is 628. The summed E-state index contributed by atoms with van der Waals surface area (Å²) in [5.41, 5.74) is 3.48. The van der Waals surface area contributed by atoms with Gasteiger partial charge in [-0.2, -0.15) is 0 Å². The van der Waals surface area contributed by atoms with Crippen LogP contribution in [0.5, 0.6) is 0 Å². The molecule has 0 amide bonds.